The summed E-state index contributed by atoms with van der Waals surface area (Å²) >= 11 is 0. The summed E-state index contributed by atoms with van der Waals surface area (Å²) in [5.41, 5.74) is 3.46. The van der Waals surface area contributed by atoms with Crippen LogP contribution < -0.4 is 14.0 Å². The molecule has 2 heterocycles. The molecule has 0 N–H and O–H groups in total. The Labute approximate surface area is 222 Å². The van der Waals surface area contributed by atoms with Gasteiger partial charge in [0.05, 0.1) is 14.2 Å². The smallest absolute Gasteiger partial charge is 0.304 e. The maximum absolute atomic E-state index is 6.95. The largest absolute Gasteiger partial charge is 0.493 e. The van der Waals surface area contributed by atoms with Crippen LogP contribution in [0.3, 0.4) is 0 Å². The van der Waals surface area contributed by atoms with Crippen LogP contribution in [0.25, 0.3) is 5.69 Å². The molecule has 0 bridgehead atoms. The second-order valence-electron chi connectivity index (χ2n) is 9.36. The summed E-state index contributed by atoms with van der Waals surface area (Å²) in [5.74, 6) is 2.20. The van der Waals surface area contributed by atoms with Crippen LogP contribution in [-0.2, 0) is 23.4 Å². The highest BCUT2D eigenvalue weighted by Crippen LogP contribution is 2.45. The van der Waals surface area contributed by atoms with Crippen LogP contribution in [0.15, 0.2) is 116 Å². The molecule has 0 amide bonds. The standard InChI is InChI=1S/C32H30N3O3/c1-36-27-19-12-20-28(37-2)31(27)35-23-34-29(21-24-13-6-3-7-14-24)32(38-22-30(34)33-35,25-15-8-4-9-16-25)26-17-10-5-11-18-26/h3-20,23,29H,21-22H2,1-2H3/q+1. The summed E-state index contributed by atoms with van der Waals surface area (Å²) in [6.45, 7) is 0.347. The van der Waals surface area contributed by atoms with Crippen molar-refractivity contribution in [2.75, 3.05) is 14.2 Å². The van der Waals surface area contributed by atoms with E-state index in [0.29, 0.717) is 18.1 Å². The normalized spacial score (nSPS) is 16.0. The van der Waals surface area contributed by atoms with Gasteiger partial charge in [-0.15, -0.1) is 0 Å². The average molecular weight is 505 g/mol. The Kier molecular flexibility index (Phi) is 6.40. The molecule has 38 heavy (non-hydrogen) atoms. The molecule has 1 aliphatic heterocycles. The van der Waals surface area contributed by atoms with E-state index in [4.69, 9.17) is 19.3 Å². The first kappa shape index (κ1) is 23.9. The fraction of sp³-hybridized carbons (Fsp3) is 0.188. The quantitative estimate of drug-likeness (QED) is 0.277. The van der Waals surface area contributed by atoms with E-state index in [2.05, 4.69) is 77.4 Å². The predicted molar refractivity (Wildman–Crippen MR) is 144 cm³/mol. The van der Waals surface area contributed by atoms with Crippen LogP contribution >= 0.6 is 0 Å². The molecule has 0 saturated carbocycles. The number of hydrogen-bond acceptors (Lipinski definition) is 4. The summed E-state index contributed by atoms with van der Waals surface area (Å²) in [4.78, 5) is 0. The van der Waals surface area contributed by atoms with Crippen LogP contribution in [0.4, 0.5) is 0 Å². The molecule has 6 nitrogen and oxygen atoms in total. The minimum absolute atomic E-state index is 0.118. The Morgan fingerprint density at radius 1 is 0.789 bits per heavy atom. The van der Waals surface area contributed by atoms with Crippen LogP contribution in [0.2, 0.25) is 0 Å². The van der Waals surface area contributed by atoms with Gasteiger partial charge in [-0.25, -0.2) is 4.57 Å². The van der Waals surface area contributed by atoms with E-state index in [-0.39, 0.29) is 6.04 Å². The molecule has 1 unspecified atom stereocenters. The Morgan fingerprint density at radius 2 is 1.34 bits per heavy atom. The third-order valence-electron chi connectivity index (χ3n) is 7.30. The second-order valence-corrected chi connectivity index (χ2v) is 9.36. The lowest BCUT2D eigenvalue weighted by atomic mass is 9.76. The zero-order valence-electron chi connectivity index (χ0n) is 21.5. The third-order valence-corrected chi connectivity index (χ3v) is 7.30. The van der Waals surface area contributed by atoms with E-state index in [1.807, 2.05) is 47.4 Å². The van der Waals surface area contributed by atoms with E-state index in [1.165, 1.54) is 5.56 Å². The SMILES string of the molecule is COc1cccc(OC)c1-n1c[n+]2c(n1)COC(c1ccccc1)(c1ccccc1)C2Cc1ccccc1. The maximum Gasteiger partial charge on any atom is 0.304 e. The van der Waals surface area contributed by atoms with E-state index in [9.17, 15) is 0 Å². The molecule has 0 radical (unpaired) electrons. The van der Waals surface area contributed by atoms with Gasteiger partial charge >= 0.3 is 5.82 Å². The van der Waals surface area contributed by atoms with Gasteiger partial charge in [-0.05, 0) is 28.8 Å². The highest BCUT2D eigenvalue weighted by molar-refractivity contribution is 5.56. The summed E-state index contributed by atoms with van der Waals surface area (Å²) in [6.07, 6.45) is 2.80. The molecule has 6 rings (SSSR count). The molecule has 0 aliphatic carbocycles. The fourth-order valence-corrected chi connectivity index (χ4v) is 5.55. The van der Waals surface area contributed by atoms with E-state index in [1.54, 1.807) is 14.2 Å². The molecule has 1 aliphatic rings. The van der Waals surface area contributed by atoms with Crippen LogP contribution in [0.1, 0.15) is 28.6 Å². The molecule has 0 spiro atoms. The van der Waals surface area contributed by atoms with E-state index < -0.39 is 5.60 Å². The number of rotatable bonds is 7. The van der Waals surface area contributed by atoms with Crippen molar-refractivity contribution in [2.24, 2.45) is 0 Å². The average Bonchev–Trinajstić information content (AvgIpc) is 3.43. The third kappa shape index (κ3) is 4.03. The molecule has 0 fully saturated rings. The summed E-state index contributed by atoms with van der Waals surface area (Å²) in [7, 11) is 3.32. The van der Waals surface area contributed by atoms with Gasteiger partial charge < -0.3 is 14.2 Å². The zero-order valence-corrected chi connectivity index (χ0v) is 21.5. The van der Waals surface area contributed by atoms with Crippen molar-refractivity contribution in [3.8, 4) is 17.2 Å². The topological polar surface area (TPSA) is 49.4 Å². The predicted octanol–water partition coefficient (Wildman–Crippen LogP) is 5.43. The Balaban J connectivity index is 1.59. The summed E-state index contributed by atoms with van der Waals surface area (Å²) in [6, 6.07) is 37.2. The number of ether oxygens (including phenoxy) is 3. The van der Waals surface area contributed by atoms with Gasteiger partial charge in [-0.3, -0.25) is 0 Å². The van der Waals surface area contributed by atoms with Gasteiger partial charge in [-0.2, -0.15) is 0 Å². The first-order chi connectivity index (χ1) is 18.7. The number of aromatic nitrogens is 3. The van der Waals surface area contributed by atoms with Crippen molar-refractivity contribution >= 4 is 0 Å². The molecule has 6 heteroatoms. The number of hydrogen-bond donors (Lipinski definition) is 0. The molecule has 190 valence electrons. The fourth-order valence-electron chi connectivity index (χ4n) is 5.55. The molecule has 1 atom stereocenters. The monoisotopic (exact) mass is 504 g/mol. The van der Waals surface area contributed by atoms with Crippen LogP contribution in [-0.4, -0.2) is 24.0 Å². The zero-order chi connectivity index (χ0) is 26.0. The summed E-state index contributed by atoms with van der Waals surface area (Å²) in [5, 5.41) is 4.98. The molecule has 5 aromatic rings. The summed E-state index contributed by atoms with van der Waals surface area (Å²) < 4.78 is 22.5. The maximum atomic E-state index is 6.95. The lowest BCUT2D eigenvalue weighted by Crippen LogP contribution is -2.59. The number of para-hydroxylation sites is 1. The van der Waals surface area contributed by atoms with Crippen LogP contribution in [0.5, 0.6) is 11.5 Å². The molecule has 4 aromatic carbocycles. The number of methoxy groups -OCH3 is 2. The van der Waals surface area contributed by atoms with Gasteiger partial charge in [0.1, 0.15) is 12.6 Å². The minimum Gasteiger partial charge on any atom is -0.493 e. The lowest BCUT2D eigenvalue weighted by Gasteiger charge is -2.42. The Hall–Kier alpha value is -4.42. The van der Waals surface area contributed by atoms with E-state index >= 15 is 0 Å². The molecule has 1 aromatic heterocycles. The number of nitrogens with zero attached hydrogens (tertiary/aromatic N) is 3. The van der Waals surface area contributed by atoms with E-state index in [0.717, 1.165) is 29.1 Å². The van der Waals surface area contributed by atoms with Crippen molar-refractivity contribution < 1.29 is 18.8 Å². The minimum atomic E-state index is -0.727. The first-order valence-corrected chi connectivity index (χ1v) is 12.7. The van der Waals surface area contributed by atoms with Crippen molar-refractivity contribution in [3.63, 3.8) is 0 Å². The molecular formula is C32H30N3O3+. The highest BCUT2D eigenvalue weighted by atomic mass is 16.5. The van der Waals surface area contributed by atoms with Gasteiger partial charge in [0.2, 0.25) is 12.0 Å². The number of benzene rings is 4. The van der Waals surface area contributed by atoms with Crippen molar-refractivity contribution in [1.82, 2.24) is 9.78 Å². The number of fused-ring (bicyclic) bond motifs is 1. The van der Waals surface area contributed by atoms with Gasteiger partial charge in [-0.1, -0.05) is 102 Å². The Morgan fingerprint density at radius 3 is 1.89 bits per heavy atom. The van der Waals surface area contributed by atoms with Crippen molar-refractivity contribution in [3.05, 3.63) is 138 Å². The van der Waals surface area contributed by atoms with Crippen LogP contribution in [0, 0.1) is 0 Å². The Bertz CT molecular complexity index is 1460. The molecular weight excluding hydrogens is 474 g/mol. The van der Waals surface area contributed by atoms with Gasteiger partial charge in [0.25, 0.3) is 0 Å². The molecule has 0 saturated heterocycles. The second kappa shape index (κ2) is 10.1. The van der Waals surface area contributed by atoms with Gasteiger partial charge in [0, 0.05) is 11.5 Å². The highest BCUT2D eigenvalue weighted by Gasteiger charge is 2.51. The lowest BCUT2D eigenvalue weighted by molar-refractivity contribution is -0.758. The van der Waals surface area contributed by atoms with Gasteiger partial charge in [0.15, 0.2) is 17.1 Å². The first-order valence-electron chi connectivity index (χ1n) is 12.7. The van der Waals surface area contributed by atoms with Crippen molar-refractivity contribution in [2.45, 2.75) is 24.7 Å². The van der Waals surface area contributed by atoms with Crippen molar-refractivity contribution in [1.29, 1.82) is 0 Å².